The standard InChI is InChI=1S/C20H20F3NO2/c1-10(2)11-3-4-17-13(7-11)19-20(26-6-5-25-19)18(24-17)12-8-15(22)16(23)9-14(12)21/h3-4,7-10,18-20,24H,5-6H2,1-2H3. The first kappa shape index (κ1) is 17.4. The molecule has 3 unspecified atom stereocenters. The number of hydrogen-bond acceptors (Lipinski definition) is 3. The van der Waals surface area contributed by atoms with Crippen LogP contribution in [0.5, 0.6) is 0 Å². The average Bonchev–Trinajstić information content (AvgIpc) is 2.63. The van der Waals surface area contributed by atoms with Gasteiger partial charge in [0, 0.05) is 22.9 Å². The molecule has 0 aromatic heterocycles. The van der Waals surface area contributed by atoms with Crippen LogP contribution in [0.1, 0.15) is 48.6 Å². The number of halogens is 3. The maximum absolute atomic E-state index is 14.4. The molecular formula is C20H20F3NO2. The van der Waals surface area contributed by atoms with E-state index in [-0.39, 0.29) is 5.56 Å². The first-order valence-corrected chi connectivity index (χ1v) is 8.73. The zero-order valence-corrected chi connectivity index (χ0v) is 14.6. The van der Waals surface area contributed by atoms with Crippen LogP contribution in [0, 0.1) is 17.5 Å². The Morgan fingerprint density at radius 1 is 0.923 bits per heavy atom. The fourth-order valence-electron chi connectivity index (χ4n) is 3.67. The van der Waals surface area contributed by atoms with Crippen molar-refractivity contribution in [1.29, 1.82) is 0 Å². The number of anilines is 1. The van der Waals surface area contributed by atoms with Crippen LogP contribution in [0.2, 0.25) is 0 Å². The van der Waals surface area contributed by atoms with Crippen molar-refractivity contribution < 1.29 is 22.6 Å². The molecule has 3 atom stereocenters. The Bertz CT molecular complexity index is 840. The second-order valence-corrected chi connectivity index (χ2v) is 7.04. The van der Waals surface area contributed by atoms with Gasteiger partial charge in [0.25, 0.3) is 0 Å². The molecule has 0 spiro atoms. The quantitative estimate of drug-likeness (QED) is 0.774. The van der Waals surface area contributed by atoms with E-state index in [1.807, 2.05) is 12.1 Å². The summed E-state index contributed by atoms with van der Waals surface area (Å²) in [5.41, 5.74) is 2.93. The first-order chi connectivity index (χ1) is 12.5. The topological polar surface area (TPSA) is 30.5 Å². The summed E-state index contributed by atoms with van der Waals surface area (Å²) in [5.74, 6) is -2.75. The molecule has 1 saturated heterocycles. The molecule has 2 aliphatic rings. The van der Waals surface area contributed by atoms with E-state index >= 15 is 0 Å². The van der Waals surface area contributed by atoms with Gasteiger partial charge in [-0.3, -0.25) is 0 Å². The van der Waals surface area contributed by atoms with Crippen molar-refractivity contribution in [3.05, 3.63) is 64.5 Å². The number of benzene rings is 2. The summed E-state index contributed by atoms with van der Waals surface area (Å²) >= 11 is 0. The molecule has 2 aliphatic heterocycles. The Morgan fingerprint density at radius 3 is 2.42 bits per heavy atom. The molecule has 26 heavy (non-hydrogen) atoms. The molecule has 0 bridgehead atoms. The van der Waals surface area contributed by atoms with Crippen molar-refractivity contribution in [3.8, 4) is 0 Å². The number of fused-ring (bicyclic) bond motifs is 3. The second-order valence-electron chi connectivity index (χ2n) is 7.04. The van der Waals surface area contributed by atoms with Crippen molar-refractivity contribution >= 4 is 5.69 Å². The monoisotopic (exact) mass is 363 g/mol. The average molecular weight is 363 g/mol. The van der Waals surface area contributed by atoms with Gasteiger partial charge in [-0.15, -0.1) is 0 Å². The smallest absolute Gasteiger partial charge is 0.161 e. The molecular weight excluding hydrogens is 343 g/mol. The molecule has 0 saturated carbocycles. The third-order valence-corrected chi connectivity index (χ3v) is 5.05. The van der Waals surface area contributed by atoms with Crippen LogP contribution in [-0.2, 0) is 9.47 Å². The van der Waals surface area contributed by atoms with Crippen LogP contribution in [0.3, 0.4) is 0 Å². The predicted molar refractivity (Wildman–Crippen MR) is 91.6 cm³/mol. The Morgan fingerprint density at radius 2 is 1.65 bits per heavy atom. The zero-order valence-electron chi connectivity index (χ0n) is 14.6. The molecule has 4 rings (SSSR count). The van der Waals surface area contributed by atoms with E-state index in [0.717, 1.165) is 22.9 Å². The minimum Gasteiger partial charge on any atom is -0.375 e. The zero-order chi connectivity index (χ0) is 18.4. The lowest BCUT2D eigenvalue weighted by Gasteiger charge is -2.43. The molecule has 1 N–H and O–H groups in total. The van der Waals surface area contributed by atoms with Crippen molar-refractivity contribution in [1.82, 2.24) is 0 Å². The second kappa shape index (κ2) is 6.59. The van der Waals surface area contributed by atoms with E-state index in [2.05, 4.69) is 25.2 Å². The molecule has 138 valence electrons. The summed E-state index contributed by atoms with van der Waals surface area (Å²) in [6, 6.07) is 6.78. The van der Waals surface area contributed by atoms with Gasteiger partial charge in [-0.2, -0.15) is 0 Å². The van der Waals surface area contributed by atoms with Crippen LogP contribution in [0.4, 0.5) is 18.9 Å². The minimum absolute atomic E-state index is 0.0305. The van der Waals surface area contributed by atoms with E-state index in [1.165, 1.54) is 0 Å². The van der Waals surface area contributed by atoms with Crippen LogP contribution in [0.15, 0.2) is 30.3 Å². The molecule has 2 aromatic carbocycles. The fraction of sp³-hybridized carbons (Fsp3) is 0.400. The minimum atomic E-state index is -1.21. The van der Waals surface area contributed by atoms with Gasteiger partial charge in [0.05, 0.1) is 19.3 Å². The molecule has 0 aliphatic carbocycles. The van der Waals surface area contributed by atoms with Crippen LogP contribution in [0.25, 0.3) is 0 Å². The number of hydrogen-bond donors (Lipinski definition) is 1. The molecule has 0 radical (unpaired) electrons. The number of nitrogens with one attached hydrogen (secondary N) is 1. The summed E-state index contributed by atoms with van der Waals surface area (Å²) in [4.78, 5) is 0. The van der Waals surface area contributed by atoms with Gasteiger partial charge in [0.15, 0.2) is 11.6 Å². The lowest BCUT2D eigenvalue weighted by Crippen LogP contribution is -2.43. The van der Waals surface area contributed by atoms with Gasteiger partial charge >= 0.3 is 0 Å². The lowest BCUT2D eigenvalue weighted by molar-refractivity contribution is -0.151. The van der Waals surface area contributed by atoms with Crippen molar-refractivity contribution in [2.45, 2.75) is 38.0 Å². The SMILES string of the molecule is CC(C)c1ccc2c(c1)C1OCCOC1C(c1cc(F)c(F)cc1F)N2. The fourth-order valence-corrected chi connectivity index (χ4v) is 3.67. The summed E-state index contributed by atoms with van der Waals surface area (Å²) in [7, 11) is 0. The highest BCUT2D eigenvalue weighted by molar-refractivity contribution is 5.59. The number of ether oxygens (including phenoxy) is 2. The largest absolute Gasteiger partial charge is 0.375 e. The van der Waals surface area contributed by atoms with Crippen LogP contribution >= 0.6 is 0 Å². The van der Waals surface area contributed by atoms with E-state index in [4.69, 9.17) is 9.47 Å². The van der Waals surface area contributed by atoms with Crippen LogP contribution < -0.4 is 5.32 Å². The van der Waals surface area contributed by atoms with Gasteiger partial charge in [-0.05, 0) is 23.6 Å². The summed E-state index contributed by atoms with van der Waals surface area (Å²) in [5, 5.41) is 3.23. The van der Waals surface area contributed by atoms with Gasteiger partial charge in [-0.1, -0.05) is 26.0 Å². The summed E-state index contributed by atoms with van der Waals surface area (Å²) in [6.07, 6.45) is -0.922. The third-order valence-electron chi connectivity index (χ3n) is 5.05. The molecule has 2 heterocycles. The van der Waals surface area contributed by atoms with Crippen molar-refractivity contribution in [2.75, 3.05) is 18.5 Å². The van der Waals surface area contributed by atoms with Gasteiger partial charge in [0.2, 0.25) is 0 Å². The maximum atomic E-state index is 14.4. The maximum Gasteiger partial charge on any atom is 0.161 e. The van der Waals surface area contributed by atoms with Gasteiger partial charge < -0.3 is 14.8 Å². The highest BCUT2D eigenvalue weighted by Gasteiger charge is 2.42. The number of rotatable bonds is 2. The van der Waals surface area contributed by atoms with E-state index < -0.39 is 35.7 Å². The van der Waals surface area contributed by atoms with Crippen molar-refractivity contribution in [3.63, 3.8) is 0 Å². The first-order valence-electron chi connectivity index (χ1n) is 8.73. The van der Waals surface area contributed by atoms with Gasteiger partial charge in [-0.25, -0.2) is 13.2 Å². The highest BCUT2D eigenvalue weighted by atomic mass is 19.2. The Labute approximate surface area is 150 Å². The summed E-state index contributed by atoms with van der Waals surface area (Å²) < 4.78 is 53.2. The summed E-state index contributed by atoms with van der Waals surface area (Å²) in [6.45, 7) is 5.00. The third kappa shape index (κ3) is 2.87. The van der Waals surface area contributed by atoms with Crippen molar-refractivity contribution in [2.24, 2.45) is 0 Å². The predicted octanol–water partition coefficient (Wildman–Crippen LogP) is 4.85. The Hall–Kier alpha value is -2.05. The Balaban J connectivity index is 1.80. The molecule has 3 nitrogen and oxygen atoms in total. The highest BCUT2D eigenvalue weighted by Crippen LogP contribution is 2.45. The molecule has 6 heteroatoms. The van der Waals surface area contributed by atoms with Gasteiger partial charge in [0.1, 0.15) is 18.0 Å². The normalized spacial score (nSPS) is 24.8. The van der Waals surface area contributed by atoms with Crippen LogP contribution in [-0.4, -0.2) is 19.3 Å². The molecule has 1 fully saturated rings. The molecule has 2 aromatic rings. The lowest BCUT2D eigenvalue weighted by atomic mass is 9.85. The molecule has 0 amide bonds. The van der Waals surface area contributed by atoms with E-state index in [9.17, 15) is 13.2 Å². The van der Waals surface area contributed by atoms with E-state index in [0.29, 0.717) is 25.2 Å². The Kier molecular flexibility index (Phi) is 4.40. The van der Waals surface area contributed by atoms with E-state index in [1.54, 1.807) is 0 Å².